The molecular formula is C17H23N3O3. The Morgan fingerprint density at radius 1 is 1.17 bits per heavy atom. The zero-order valence-corrected chi connectivity index (χ0v) is 13.6. The molecule has 6 nitrogen and oxygen atoms in total. The minimum atomic E-state index is -0.904. The molecular weight excluding hydrogens is 294 g/mol. The molecule has 6 heteroatoms. The molecule has 3 N–H and O–H groups in total. The number of nitrogens with one attached hydrogen (secondary N) is 3. The summed E-state index contributed by atoms with van der Waals surface area (Å²) in [5.41, 5.74) is 2.48. The second-order valence-corrected chi connectivity index (χ2v) is 5.76. The molecule has 0 radical (unpaired) electrons. The summed E-state index contributed by atoms with van der Waals surface area (Å²) in [6.45, 7) is 5.35. The van der Waals surface area contributed by atoms with Crippen molar-refractivity contribution < 1.29 is 14.4 Å². The molecule has 0 aliphatic carbocycles. The van der Waals surface area contributed by atoms with Gasteiger partial charge in [-0.1, -0.05) is 25.1 Å². The van der Waals surface area contributed by atoms with Gasteiger partial charge in [0.15, 0.2) is 0 Å². The monoisotopic (exact) mass is 317 g/mol. The van der Waals surface area contributed by atoms with Gasteiger partial charge in [0.05, 0.1) is 0 Å². The molecule has 0 aromatic heterocycles. The average Bonchev–Trinajstić information content (AvgIpc) is 2.57. The molecule has 0 saturated carbocycles. The molecule has 1 aliphatic rings. The van der Waals surface area contributed by atoms with Crippen LogP contribution in [0.5, 0.6) is 0 Å². The van der Waals surface area contributed by atoms with Crippen molar-refractivity contribution in [1.29, 1.82) is 0 Å². The van der Waals surface area contributed by atoms with E-state index >= 15 is 0 Å². The maximum absolute atomic E-state index is 12.1. The van der Waals surface area contributed by atoms with Crippen molar-refractivity contribution in [2.24, 2.45) is 5.92 Å². The molecule has 1 aromatic carbocycles. The van der Waals surface area contributed by atoms with E-state index in [0.717, 1.165) is 30.6 Å². The predicted molar refractivity (Wildman–Crippen MR) is 87.9 cm³/mol. The molecule has 23 heavy (non-hydrogen) atoms. The van der Waals surface area contributed by atoms with Crippen LogP contribution in [0, 0.1) is 12.8 Å². The first kappa shape index (κ1) is 17.1. The Bertz CT molecular complexity index is 607. The molecule has 0 spiro atoms. The van der Waals surface area contributed by atoms with E-state index in [1.807, 2.05) is 32.0 Å². The minimum Gasteiger partial charge on any atom is -0.317 e. The lowest BCUT2D eigenvalue weighted by Gasteiger charge is -2.21. The van der Waals surface area contributed by atoms with Crippen LogP contribution in [0.25, 0.3) is 0 Å². The van der Waals surface area contributed by atoms with Crippen LogP contribution in [-0.4, -0.2) is 30.8 Å². The number of amides is 3. The van der Waals surface area contributed by atoms with Crippen molar-refractivity contribution in [1.82, 2.24) is 10.6 Å². The summed E-state index contributed by atoms with van der Waals surface area (Å²) in [7, 11) is 0. The number of piperidine rings is 1. The van der Waals surface area contributed by atoms with Crippen LogP contribution in [0.3, 0.4) is 0 Å². The van der Waals surface area contributed by atoms with E-state index in [1.165, 1.54) is 0 Å². The van der Waals surface area contributed by atoms with Gasteiger partial charge in [0.1, 0.15) is 0 Å². The highest BCUT2D eigenvalue weighted by Gasteiger charge is 2.25. The fourth-order valence-corrected chi connectivity index (χ4v) is 2.73. The first-order valence-electron chi connectivity index (χ1n) is 7.98. The van der Waals surface area contributed by atoms with E-state index < -0.39 is 11.8 Å². The van der Waals surface area contributed by atoms with E-state index in [2.05, 4.69) is 16.0 Å². The van der Waals surface area contributed by atoms with Gasteiger partial charge in [-0.15, -0.1) is 0 Å². The number of para-hydroxylation sites is 1. The fraction of sp³-hybridized carbons (Fsp3) is 0.471. The topological polar surface area (TPSA) is 87.3 Å². The molecule has 1 aromatic rings. The van der Waals surface area contributed by atoms with Crippen molar-refractivity contribution in [2.45, 2.75) is 33.1 Å². The van der Waals surface area contributed by atoms with Crippen molar-refractivity contribution in [3.63, 3.8) is 0 Å². The molecule has 0 unspecified atom stereocenters. The minimum absolute atomic E-state index is 0.210. The third-order valence-corrected chi connectivity index (χ3v) is 4.13. The SMILES string of the molecule is CCc1cccc(C)c1NC(=O)C(=O)NC(=O)C1CCNCC1. The van der Waals surface area contributed by atoms with Crippen LogP contribution in [0.15, 0.2) is 18.2 Å². The van der Waals surface area contributed by atoms with Crippen LogP contribution in [-0.2, 0) is 20.8 Å². The number of hydrogen-bond acceptors (Lipinski definition) is 4. The number of rotatable bonds is 3. The standard InChI is InChI=1S/C17H23N3O3/c1-3-12-6-4-5-11(2)14(12)19-16(22)17(23)20-15(21)13-7-9-18-10-8-13/h4-6,13,18H,3,7-10H2,1-2H3,(H,19,22)(H,20,21,23). The summed E-state index contributed by atoms with van der Waals surface area (Å²) in [5.74, 6) is -2.29. The molecule has 124 valence electrons. The largest absolute Gasteiger partial charge is 0.317 e. The van der Waals surface area contributed by atoms with Crippen LogP contribution < -0.4 is 16.0 Å². The predicted octanol–water partition coefficient (Wildman–Crippen LogP) is 1.14. The Morgan fingerprint density at radius 3 is 2.52 bits per heavy atom. The van der Waals surface area contributed by atoms with Crippen molar-refractivity contribution >= 4 is 23.4 Å². The van der Waals surface area contributed by atoms with Gasteiger partial charge < -0.3 is 10.6 Å². The van der Waals surface area contributed by atoms with Gasteiger partial charge in [0.2, 0.25) is 5.91 Å². The number of aryl methyl sites for hydroxylation is 2. The number of carbonyl (C=O) groups is 3. The van der Waals surface area contributed by atoms with Crippen molar-refractivity contribution in [3.8, 4) is 0 Å². The van der Waals surface area contributed by atoms with Gasteiger partial charge in [0, 0.05) is 11.6 Å². The lowest BCUT2D eigenvalue weighted by Crippen LogP contribution is -2.44. The highest BCUT2D eigenvalue weighted by molar-refractivity contribution is 6.42. The van der Waals surface area contributed by atoms with Crippen molar-refractivity contribution in [2.75, 3.05) is 18.4 Å². The Kier molecular flexibility index (Phi) is 5.87. The smallest absolute Gasteiger partial charge is 0.316 e. The lowest BCUT2D eigenvalue weighted by atomic mass is 9.97. The summed E-state index contributed by atoms with van der Waals surface area (Å²) >= 11 is 0. The molecule has 0 atom stereocenters. The lowest BCUT2D eigenvalue weighted by molar-refractivity contribution is -0.141. The van der Waals surface area contributed by atoms with Gasteiger partial charge in [-0.2, -0.15) is 0 Å². The Balaban J connectivity index is 1.98. The Hall–Kier alpha value is -2.21. The van der Waals surface area contributed by atoms with Crippen molar-refractivity contribution in [3.05, 3.63) is 29.3 Å². The highest BCUT2D eigenvalue weighted by Crippen LogP contribution is 2.21. The number of hydrogen-bond donors (Lipinski definition) is 3. The number of anilines is 1. The summed E-state index contributed by atoms with van der Waals surface area (Å²) in [4.78, 5) is 36.0. The molecule has 1 saturated heterocycles. The Labute approximate surface area is 136 Å². The molecule has 1 heterocycles. The molecule has 0 bridgehead atoms. The quantitative estimate of drug-likeness (QED) is 0.730. The first-order chi connectivity index (χ1) is 11.0. The third-order valence-electron chi connectivity index (χ3n) is 4.13. The number of benzene rings is 1. The van der Waals surface area contributed by atoms with Gasteiger partial charge in [-0.3, -0.25) is 19.7 Å². The van der Waals surface area contributed by atoms with E-state index in [4.69, 9.17) is 0 Å². The summed E-state index contributed by atoms with van der Waals surface area (Å²) in [6.07, 6.45) is 2.10. The zero-order chi connectivity index (χ0) is 16.8. The normalized spacial score (nSPS) is 15.0. The van der Waals surface area contributed by atoms with Crippen LogP contribution in [0.2, 0.25) is 0 Å². The van der Waals surface area contributed by atoms with Gasteiger partial charge in [-0.05, 0) is 50.4 Å². The zero-order valence-electron chi connectivity index (χ0n) is 13.6. The summed E-state index contributed by atoms with van der Waals surface area (Å²) < 4.78 is 0. The second-order valence-electron chi connectivity index (χ2n) is 5.76. The molecule has 1 aliphatic heterocycles. The van der Waals surface area contributed by atoms with E-state index in [0.29, 0.717) is 18.5 Å². The summed E-state index contributed by atoms with van der Waals surface area (Å²) in [5, 5.41) is 7.98. The number of carbonyl (C=O) groups excluding carboxylic acids is 3. The van der Waals surface area contributed by atoms with Crippen LogP contribution >= 0.6 is 0 Å². The maximum atomic E-state index is 12.1. The average molecular weight is 317 g/mol. The van der Waals surface area contributed by atoms with Gasteiger partial charge >= 0.3 is 11.8 Å². The van der Waals surface area contributed by atoms with Gasteiger partial charge in [0.25, 0.3) is 0 Å². The van der Waals surface area contributed by atoms with Crippen LogP contribution in [0.4, 0.5) is 5.69 Å². The summed E-state index contributed by atoms with van der Waals surface area (Å²) in [6, 6.07) is 5.68. The second kappa shape index (κ2) is 7.87. The first-order valence-corrected chi connectivity index (χ1v) is 7.98. The van der Waals surface area contributed by atoms with E-state index in [9.17, 15) is 14.4 Å². The number of imide groups is 1. The molecule has 1 fully saturated rings. The fourth-order valence-electron chi connectivity index (χ4n) is 2.73. The Morgan fingerprint density at radius 2 is 1.87 bits per heavy atom. The van der Waals surface area contributed by atoms with Crippen LogP contribution in [0.1, 0.15) is 30.9 Å². The van der Waals surface area contributed by atoms with Gasteiger partial charge in [-0.25, -0.2) is 0 Å². The molecule has 2 rings (SSSR count). The van der Waals surface area contributed by atoms with E-state index in [1.54, 1.807) is 0 Å². The maximum Gasteiger partial charge on any atom is 0.316 e. The third kappa shape index (κ3) is 4.39. The van der Waals surface area contributed by atoms with E-state index in [-0.39, 0.29) is 11.8 Å². The highest BCUT2D eigenvalue weighted by atomic mass is 16.2. The molecule has 3 amide bonds.